The number of nitrogens with zero attached hydrogens (tertiary/aromatic N) is 1. The van der Waals surface area contributed by atoms with Crippen LogP contribution >= 0.6 is 23.2 Å². The van der Waals surface area contributed by atoms with Crippen LogP contribution in [-0.4, -0.2) is 11.0 Å². The van der Waals surface area contributed by atoms with Crippen molar-refractivity contribution in [2.45, 2.75) is 26.3 Å². The van der Waals surface area contributed by atoms with E-state index in [1.807, 2.05) is 19.9 Å². The van der Waals surface area contributed by atoms with Gasteiger partial charge in [-0.05, 0) is 44.0 Å². The molecule has 2 aromatic rings. The van der Waals surface area contributed by atoms with E-state index in [0.29, 0.717) is 21.7 Å². The lowest BCUT2D eigenvalue weighted by Gasteiger charge is -2.11. The van der Waals surface area contributed by atoms with E-state index in [4.69, 9.17) is 33.7 Å². The molecule has 0 saturated carbocycles. The maximum absolute atomic E-state index is 5.96. The molecule has 1 heterocycles. The fraction of sp³-hybridized carbons (Fsp3) is 0.267. The van der Waals surface area contributed by atoms with Gasteiger partial charge in [0, 0.05) is 23.9 Å². The molecule has 2 rings (SSSR count). The Morgan fingerprint density at radius 2 is 2.00 bits per heavy atom. The standard InChI is InChI=1S/C15H16Cl2N2O/c1-9-5-11(6-10(2)18)8-19-15(9)20-12-3-4-13(16)14(17)7-12/h3-5,7-8,10H,6,18H2,1-2H3. The lowest BCUT2D eigenvalue weighted by atomic mass is 10.1. The summed E-state index contributed by atoms with van der Waals surface area (Å²) in [4.78, 5) is 4.32. The molecule has 0 aliphatic rings. The molecule has 0 fully saturated rings. The van der Waals surface area contributed by atoms with Gasteiger partial charge in [0.15, 0.2) is 0 Å². The third-order valence-corrected chi connectivity index (χ3v) is 3.49. The lowest BCUT2D eigenvalue weighted by Crippen LogP contribution is -2.17. The average Bonchev–Trinajstić information content (AvgIpc) is 2.36. The number of nitrogens with two attached hydrogens (primary N) is 1. The van der Waals surface area contributed by atoms with E-state index in [1.165, 1.54) is 0 Å². The predicted molar refractivity (Wildman–Crippen MR) is 82.9 cm³/mol. The molecule has 0 radical (unpaired) electrons. The number of pyridine rings is 1. The molecule has 0 bridgehead atoms. The zero-order chi connectivity index (χ0) is 14.7. The third kappa shape index (κ3) is 3.85. The number of aromatic nitrogens is 1. The minimum Gasteiger partial charge on any atom is -0.439 e. The van der Waals surface area contributed by atoms with Gasteiger partial charge in [-0.15, -0.1) is 0 Å². The van der Waals surface area contributed by atoms with Gasteiger partial charge in [-0.3, -0.25) is 0 Å². The van der Waals surface area contributed by atoms with Gasteiger partial charge in [0.25, 0.3) is 0 Å². The number of rotatable bonds is 4. The topological polar surface area (TPSA) is 48.1 Å². The molecule has 0 saturated heterocycles. The molecule has 1 unspecified atom stereocenters. The Balaban J connectivity index is 2.19. The Labute approximate surface area is 128 Å². The number of ether oxygens (including phenoxy) is 1. The molecular weight excluding hydrogens is 295 g/mol. The highest BCUT2D eigenvalue weighted by atomic mass is 35.5. The number of hydrogen-bond donors (Lipinski definition) is 1. The third-order valence-electron chi connectivity index (χ3n) is 2.75. The Kier molecular flexibility index (Phi) is 4.86. The van der Waals surface area contributed by atoms with Crippen molar-refractivity contribution in [3.8, 4) is 11.6 Å². The molecule has 106 valence electrons. The van der Waals surface area contributed by atoms with Gasteiger partial charge in [0.05, 0.1) is 10.0 Å². The Bertz CT molecular complexity index is 615. The van der Waals surface area contributed by atoms with Crippen molar-refractivity contribution < 1.29 is 4.74 Å². The van der Waals surface area contributed by atoms with Crippen molar-refractivity contribution >= 4 is 23.2 Å². The van der Waals surface area contributed by atoms with Gasteiger partial charge in [-0.1, -0.05) is 23.2 Å². The molecule has 0 aliphatic carbocycles. The summed E-state index contributed by atoms with van der Waals surface area (Å²) < 4.78 is 5.72. The van der Waals surface area contributed by atoms with E-state index in [1.54, 1.807) is 24.4 Å². The molecule has 3 nitrogen and oxygen atoms in total. The van der Waals surface area contributed by atoms with Crippen LogP contribution < -0.4 is 10.5 Å². The second-order valence-electron chi connectivity index (χ2n) is 4.83. The first kappa shape index (κ1) is 15.1. The van der Waals surface area contributed by atoms with Crippen molar-refractivity contribution in [3.63, 3.8) is 0 Å². The maximum Gasteiger partial charge on any atom is 0.222 e. The van der Waals surface area contributed by atoms with Crippen LogP contribution in [0.2, 0.25) is 10.0 Å². The average molecular weight is 311 g/mol. The van der Waals surface area contributed by atoms with Gasteiger partial charge in [-0.2, -0.15) is 0 Å². The van der Waals surface area contributed by atoms with Crippen molar-refractivity contribution in [3.05, 3.63) is 51.6 Å². The van der Waals surface area contributed by atoms with Gasteiger partial charge in [-0.25, -0.2) is 4.98 Å². The lowest BCUT2D eigenvalue weighted by molar-refractivity contribution is 0.458. The van der Waals surface area contributed by atoms with E-state index in [0.717, 1.165) is 17.5 Å². The van der Waals surface area contributed by atoms with Crippen molar-refractivity contribution in [2.75, 3.05) is 0 Å². The maximum atomic E-state index is 5.96. The van der Waals surface area contributed by atoms with E-state index in [-0.39, 0.29) is 6.04 Å². The molecular formula is C15H16Cl2N2O. The van der Waals surface area contributed by atoms with Crippen molar-refractivity contribution in [1.82, 2.24) is 4.98 Å². The van der Waals surface area contributed by atoms with E-state index in [9.17, 15) is 0 Å². The van der Waals surface area contributed by atoms with Crippen LogP contribution in [0.3, 0.4) is 0 Å². The first-order chi connectivity index (χ1) is 9.45. The summed E-state index contributed by atoms with van der Waals surface area (Å²) in [5, 5.41) is 0.950. The van der Waals surface area contributed by atoms with Crippen LogP contribution in [0.25, 0.3) is 0 Å². The first-order valence-electron chi connectivity index (χ1n) is 6.29. The number of benzene rings is 1. The first-order valence-corrected chi connectivity index (χ1v) is 7.05. The van der Waals surface area contributed by atoms with Crippen molar-refractivity contribution in [1.29, 1.82) is 0 Å². The van der Waals surface area contributed by atoms with Crippen LogP contribution in [0.5, 0.6) is 11.6 Å². The quantitative estimate of drug-likeness (QED) is 0.911. The zero-order valence-corrected chi connectivity index (χ0v) is 12.9. The van der Waals surface area contributed by atoms with Crippen LogP contribution in [0.1, 0.15) is 18.1 Å². The smallest absolute Gasteiger partial charge is 0.222 e. The zero-order valence-electron chi connectivity index (χ0n) is 11.4. The highest BCUT2D eigenvalue weighted by Crippen LogP contribution is 2.30. The minimum atomic E-state index is 0.109. The fourth-order valence-electron chi connectivity index (χ4n) is 1.86. The van der Waals surface area contributed by atoms with E-state index in [2.05, 4.69) is 4.98 Å². The van der Waals surface area contributed by atoms with Crippen molar-refractivity contribution in [2.24, 2.45) is 5.73 Å². The molecule has 20 heavy (non-hydrogen) atoms. The second-order valence-corrected chi connectivity index (χ2v) is 5.64. The molecule has 2 N–H and O–H groups in total. The van der Waals surface area contributed by atoms with Crippen LogP contribution in [-0.2, 0) is 6.42 Å². The summed E-state index contributed by atoms with van der Waals surface area (Å²) in [7, 11) is 0. The van der Waals surface area contributed by atoms with Crippen LogP contribution in [0, 0.1) is 6.92 Å². The van der Waals surface area contributed by atoms with Gasteiger partial charge in [0.2, 0.25) is 5.88 Å². The fourth-order valence-corrected chi connectivity index (χ4v) is 2.15. The molecule has 1 aromatic heterocycles. The SMILES string of the molecule is Cc1cc(CC(C)N)cnc1Oc1ccc(Cl)c(Cl)c1. The molecule has 0 amide bonds. The summed E-state index contributed by atoms with van der Waals surface area (Å²) in [6.07, 6.45) is 2.57. The molecule has 0 spiro atoms. The number of aryl methyl sites for hydroxylation is 1. The Morgan fingerprint density at radius 1 is 1.25 bits per heavy atom. The highest BCUT2D eigenvalue weighted by molar-refractivity contribution is 6.42. The normalized spacial score (nSPS) is 12.2. The number of halogens is 2. The molecule has 5 heteroatoms. The van der Waals surface area contributed by atoms with Gasteiger partial charge >= 0.3 is 0 Å². The summed E-state index contributed by atoms with van der Waals surface area (Å²) in [6.45, 7) is 3.92. The van der Waals surface area contributed by atoms with Gasteiger partial charge < -0.3 is 10.5 Å². The second kappa shape index (κ2) is 6.44. The Hall–Kier alpha value is -1.29. The molecule has 1 atom stereocenters. The predicted octanol–water partition coefficient (Wildman–Crippen LogP) is 4.38. The highest BCUT2D eigenvalue weighted by Gasteiger charge is 2.07. The summed E-state index contributed by atoms with van der Waals surface area (Å²) in [6, 6.07) is 7.26. The van der Waals surface area contributed by atoms with Crippen LogP contribution in [0.4, 0.5) is 0 Å². The number of hydrogen-bond acceptors (Lipinski definition) is 3. The summed E-state index contributed by atoms with van der Waals surface area (Å²) in [5.74, 6) is 1.16. The summed E-state index contributed by atoms with van der Waals surface area (Å²) in [5.41, 5.74) is 7.83. The minimum absolute atomic E-state index is 0.109. The molecule has 0 aliphatic heterocycles. The monoisotopic (exact) mass is 310 g/mol. The molecule has 1 aromatic carbocycles. The van der Waals surface area contributed by atoms with Crippen LogP contribution in [0.15, 0.2) is 30.5 Å². The summed E-state index contributed by atoms with van der Waals surface area (Å²) >= 11 is 11.8. The van der Waals surface area contributed by atoms with E-state index < -0.39 is 0 Å². The Morgan fingerprint density at radius 3 is 2.60 bits per heavy atom. The van der Waals surface area contributed by atoms with Gasteiger partial charge in [0.1, 0.15) is 5.75 Å². The largest absolute Gasteiger partial charge is 0.439 e. The van der Waals surface area contributed by atoms with E-state index >= 15 is 0 Å².